The van der Waals surface area contributed by atoms with Gasteiger partial charge in [-0.3, -0.25) is 0 Å². The van der Waals surface area contributed by atoms with E-state index in [0.717, 1.165) is 13.6 Å². The summed E-state index contributed by atoms with van der Waals surface area (Å²) in [5.74, 6) is 0. The van der Waals surface area contributed by atoms with Crippen LogP contribution in [0.4, 0.5) is 0 Å². The molecule has 3 unspecified atom stereocenters. The van der Waals surface area contributed by atoms with E-state index in [9.17, 15) is 0 Å². The van der Waals surface area contributed by atoms with E-state index in [1.54, 1.807) is 7.11 Å². The molecule has 0 spiro atoms. The predicted octanol–water partition coefficient (Wildman–Crippen LogP) is -1.91. The number of hydrogen-bond donors (Lipinski definition) is 1. The Labute approximate surface area is 68.7 Å². The zero-order valence-corrected chi connectivity index (χ0v) is 7.12. The summed E-state index contributed by atoms with van der Waals surface area (Å²) < 4.78 is 10.6. The summed E-state index contributed by atoms with van der Waals surface area (Å²) in [6.07, 6.45) is 0.896. The van der Waals surface area contributed by atoms with Gasteiger partial charge in [-0.15, -0.1) is 0 Å². The van der Waals surface area contributed by atoms with Gasteiger partial charge in [-0.25, -0.2) is 0 Å². The maximum atomic E-state index is 8.88. The first-order valence-electron chi connectivity index (χ1n) is 4.11. The van der Waals surface area contributed by atoms with E-state index in [0.29, 0.717) is 0 Å². The maximum absolute atomic E-state index is 8.88. The lowest BCUT2D eigenvalue weighted by molar-refractivity contribution is -0.0207. The smallest absolute Gasteiger partial charge is 0.119 e. The molecule has 1 fully saturated rings. The number of rotatable bonds is 3. The molecule has 0 saturated carbocycles. The van der Waals surface area contributed by atoms with E-state index >= 15 is 0 Å². The third kappa shape index (κ3) is 1.98. The highest BCUT2D eigenvalue weighted by Gasteiger charge is 2.33. The Hall–Kier alpha value is 0.00987. The monoisotopic (exact) mass is 156 g/mol. The van der Waals surface area contributed by atoms with E-state index in [2.05, 4.69) is 7.74 Å². The number of aliphatic hydroxyl groups excluding tert-OH is 1. The standard InChI is InChI=1S/C6H14B2O3/c1-10-4-2-6(8-7)11-5(4)3-9/h4-6,8-9H,2-3,7H2,1H3. The Morgan fingerprint density at radius 2 is 2.55 bits per heavy atom. The second-order valence-corrected chi connectivity index (χ2v) is 2.90. The molecule has 1 aliphatic heterocycles. The number of methoxy groups -OCH3 is 1. The van der Waals surface area contributed by atoms with Crippen molar-refractivity contribution < 1.29 is 14.6 Å². The molecule has 0 aromatic carbocycles. The van der Waals surface area contributed by atoms with Crippen LogP contribution >= 0.6 is 0 Å². The molecule has 0 bridgehead atoms. The van der Waals surface area contributed by atoms with E-state index in [-0.39, 0.29) is 24.8 Å². The van der Waals surface area contributed by atoms with Crippen molar-refractivity contribution in [1.82, 2.24) is 0 Å². The Morgan fingerprint density at radius 1 is 1.82 bits per heavy atom. The van der Waals surface area contributed by atoms with Crippen LogP contribution in [0.3, 0.4) is 0 Å². The SMILES string of the molecule is BBC1CC(OC)C(CO)O1. The normalized spacial score (nSPS) is 37.5. The Balaban J connectivity index is 2.41. The van der Waals surface area contributed by atoms with Crippen LogP contribution in [0.5, 0.6) is 0 Å². The lowest BCUT2D eigenvalue weighted by atomic mass is 9.51. The van der Waals surface area contributed by atoms with Crippen LogP contribution in [0.2, 0.25) is 0 Å². The van der Waals surface area contributed by atoms with Gasteiger partial charge in [0.2, 0.25) is 0 Å². The second kappa shape index (κ2) is 4.14. The molecule has 0 aromatic rings. The van der Waals surface area contributed by atoms with Crippen molar-refractivity contribution in [3.63, 3.8) is 0 Å². The van der Waals surface area contributed by atoms with Crippen molar-refractivity contribution in [2.24, 2.45) is 0 Å². The van der Waals surface area contributed by atoms with Crippen LogP contribution in [-0.2, 0) is 9.47 Å². The minimum atomic E-state index is -0.107. The molecule has 1 N–H and O–H groups in total. The van der Waals surface area contributed by atoms with Gasteiger partial charge in [0, 0.05) is 13.1 Å². The summed E-state index contributed by atoms with van der Waals surface area (Å²) in [5, 5.41) is 8.88. The number of ether oxygens (including phenoxy) is 2. The predicted molar refractivity (Wildman–Crippen MR) is 46.9 cm³/mol. The summed E-state index contributed by atoms with van der Waals surface area (Å²) in [4.78, 5) is 0. The van der Waals surface area contributed by atoms with Crippen molar-refractivity contribution in [2.45, 2.75) is 24.6 Å². The summed E-state index contributed by atoms with van der Waals surface area (Å²) in [6, 6.07) is 0.275. The van der Waals surface area contributed by atoms with Gasteiger partial charge >= 0.3 is 0 Å². The second-order valence-electron chi connectivity index (χ2n) is 2.90. The van der Waals surface area contributed by atoms with E-state index < -0.39 is 0 Å². The zero-order valence-electron chi connectivity index (χ0n) is 7.12. The van der Waals surface area contributed by atoms with Crippen molar-refractivity contribution >= 4 is 14.9 Å². The molecule has 1 heterocycles. The third-order valence-corrected chi connectivity index (χ3v) is 2.22. The van der Waals surface area contributed by atoms with Gasteiger partial charge < -0.3 is 14.6 Å². The molecule has 0 amide bonds. The van der Waals surface area contributed by atoms with Gasteiger partial charge in [-0.05, 0) is 6.42 Å². The fraction of sp³-hybridized carbons (Fsp3) is 1.00. The van der Waals surface area contributed by atoms with Crippen LogP contribution < -0.4 is 0 Å². The molecule has 0 aliphatic carbocycles. The molecule has 11 heavy (non-hydrogen) atoms. The number of hydrogen-bond acceptors (Lipinski definition) is 3. The molecule has 3 nitrogen and oxygen atoms in total. The average Bonchev–Trinajstić information content (AvgIpc) is 2.46. The zero-order chi connectivity index (χ0) is 8.27. The molecular formula is C6H14B2O3. The molecule has 62 valence electrons. The van der Waals surface area contributed by atoms with Crippen LogP contribution in [-0.4, -0.2) is 51.9 Å². The topological polar surface area (TPSA) is 38.7 Å². The van der Waals surface area contributed by atoms with Gasteiger partial charge in [-0.2, -0.15) is 0 Å². The van der Waals surface area contributed by atoms with Gasteiger partial charge in [0.1, 0.15) is 13.3 Å². The highest BCUT2D eigenvalue weighted by Crippen LogP contribution is 2.21. The fourth-order valence-corrected chi connectivity index (χ4v) is 1.47. The molecule has 3 atom stereocenters. The first kappa shape index (κ1) is 9.10. The quantitative estimate of drug-likeness (QED) is 0.484. The van der Waals surface area contributed by atoms with E-state index in [1.807, 2.05) is 0 Å². The first-order chi connectivity index (χ1) is 5.31. The summed E-state index contributed by atoms with van der Waals surface area (Å²) in [5.41, 5.74) is 0. The van der Waals surface area contributed by atoms with Gasteiger partial charge in [0.15, 0.2) is 0 Å². The molecular weight excluding hydrogens is 142 g/mol. The summed E-state index contributed by atoms with van der Waals surface area (Å²) in [7, 11) is 4.74. The molecule has 0 aromatic heterocycles. The van der Waals surface area contributed by atoms with Crippen LogP contribution in [0.1, 0.15) is 6.42 Å². The van der Waals surface area contributed by atoms with Crippen LogP contribution in [0, 0.1) is 0 Å². The summed E-state index contributed by atoms with van der Waals surface area (Å²) in [6.45, 7) is 0.0645. The van der Waals surface area contributed by atoms with Crippen LogP contribution in [0.25, 0.3) is 0 Å². The Bertz CT molecular complexity index is 110. The molecule has 1 rings (SSSR count). The third-order valence-electron chi connectivity index (χ3n) is 2.22. The van der Waals surface area contributed by atoms with E-state index in [4.69, 9.17) is 14.6 Å². The average molecular weight is 156 g/mol. The van der Waals surface area contributed by atoms with Crippen molar-refractivity contribution in [3.05, 3.63) is 0 Å². The van der Waals surface area contributed by atoms with Crippen molar-refractivity contribution in [3.8, 4) is 0 Å². The minimum Gasteiger partial charge on any atom is -0.394 e. The Morgan fingerprint density at radius 3 is 2.91 bits per heavy atom. The molecule has 5 heteroatoms. The minimum absolute atomic E-state index is 0.0645. The maximum Gasteiger partial charge on any atom is 0.119 e. The van der Waals surface area contributed by atoms with Crippen molar-refractivity contribution in [1.29, 1.82) is 0 Å². The molecule has 1 saturated heterocycles. The fourth-order valence-electron chi connectivity index (χ4n) is 1.47. The van der Waals surface area contributed by atoms with Gasteiger partial charge in [0.05, 0.1) is 20.4 Å². The number of aliphatic hydroxyl groups is 1. The van der Waals surface area contributed by atoms with Crippen LogP contribution in [0.15, 0.2) is 0 Å². The van der Waals surface area contributed by atoms with Crippen molar-refractivity contribution in [2.75, 3.05) is 13.7 Å². The van der Waals surface area contributed by atoms with Gasteiger partial charge in [-0.1, -0.05) is 0 Å². The lowest BCUT2D eigenvalue weighted by Gasteiger charge is -2.13. The lowest BCUT2D eigenvalue weighted by Crippen LogP contribution is -2.26. The largest absolute Gasteiger partial charge is 0.394 e. The van der Waals surface area contributed by atoms with E-state index in [1.165, 1.54) is 0 Å². The molecule has 1 aliphatic rings. The highest BCUT2D eigenvalue weighted by atomic mass is 16.6. The van der Waals surface area contributed by atoms with Gasteiger partial charge in [0.25, 0.3) is 0 Å². The highest BCUT2D eigenvalue weighted by molar-refractivity contribution is 6.90. The summed E-state index contributed by atoms with van der Waals surface area (Å²) >= 11 is 0. The first-order valence-corrected chi connectivity index (χ1v) is 4.11. The Kier molecular flexibility index (Phi) is 3.43. The molecule has 0 radical (unpaired) electrons.